The summed E-state index contributed by atoms with van der Waals surface area (Å²) in [5, 5.41) is 0. The topological polar surface area (TPSA) is 83.4 Å². The predicted molar refractivity (Wildman–Crippen MR) is 120 cm³/mol. The van der Waals surface area contributed by atoms with E-state index in [0.29, 0.717) is 27.2 Å². The predicted octanol–water partition coefficient (Wildman–Crippen LogP) is 3.89. The zero-order valence-corrected chi connectivity index (χ0v) is 18.9. The number of carbonyl (C=O) groups excluding carboxylic acids is 2. The van der Waals surface area contributed by atoms with Gasteiger partial charge in [-0.25, -0.2) is 14.6 Å². The second-order valence-corrected chi connectivity index (χ2v) is 7.49. The van der Waals surface area contributed by atoms with Gasteiger partial charge in [-0.1, -0.05) is 17.7 Å². The SMILES string of the molecule is CCOc1cc(/C=C2\N=C(c3ccc(C)cc3)OC2=O)cc(I)c1OCC(=O)OC. The molecule has 1 heterocycles. The molecule has 7 nitrogen and oxygen atoms in total. The first kappa shape index (κ1) is 21.8. The second kappa shape index (κ2) is 9.75. The molecule has 0 atom stereocenters. The number of methoxy groups -OCH3 is 1. The van der Waals surface area contributed by atoms with E-state index in [1.54, 1.807) is 18.2 Å². The molecular weight excluding hydrogens is 501 g/mol. The highest BCUT2D eigenvalue weighted by atomic mass is 127. The molecule has 0 amide bonds. The molecule has 0 fully saturated rings. The molecule has 156 valence electrons. The van der Waals surface area contributed by atoms with Gasteiger partial charge in [-0.15, -0.1) is 0 Å². The van der Waals surface area contributed by atoms with Gasteiger partial charge >= 0.3 is 11.9 Å². The van der Waals surface area contributed by atoms with E-state index >= 15 is 0 Å². The van der Waals surface area contributed by atoms with Crippen LogP contribution in [0.5, 0.6) is 11.5 Å². The average Bonchev–Trinajstić information content (AvgIpc) is 3.08. The Kier molecular flexibility index (Phi) is 7.09. The van der Waals surface area contributed by atoms with Crippen molar-refractivity contribution in [1.29, 1.82) is 0 Å². The molecule has 0 radical (unpaired) electrons. The van der Waals surface area contributed by atoms with Crippen LogP contribution in [0.3, 0.4) is 0 Å². The van der Waals surface area contributed by atoms with Gasteiger partial charge in [-0.3, -0.25) is 0 Å². The minimum absolute atomic E-state index is 0.187. The van der Waals surface area contributed by atoms with Crippen LogP contribution >= 0.6 is 22.6 Å². The molecule has 0 spiro atoms. The third-order valence-corrected chi connectivity index (χ3v) is 4.92. The van der Waals surface area contributed by atoms with E-state index in [0.717, 1.165) is 11.1 Å². The van der Waals surface area contributed by atoms with Gasteiger partial charge in [0.1, 0.15) is 0 Å². The Balaban J connectivity index is 1.91. The van der Waals surface area contributed by atoms with E-state index in [4.69, 9.17) is 14.2 Å². The molecule has 2 aromatic rings. The number of ether oxygens (including phenoxy) is 4. The molecule has 8 heteroatoms. The van der Waals surface area contributed by atoms with Crippen molar-refractivity contribution in [3.8, 4) is 11.5 Å². The fourth-order valence-electron chi connectivity index (χ4n) is 2.65. The molecule has 3 rings (SSSR count). The van der Waals surface area contributed by atoms with Crippen molar-refractivity contribution in [2.24, 2.45) is 4.99 Å². The van der Waals surface area contributed by atoms with Crippen molar-refractivity contribution >= 4 is 46.5 Å². The molecule has 1 aliphatic heterocycles. The summed E-state index contributed by atoms with van der Waals surface area (Å²) in [6.07, 6.45) is 1.62. The first-order valence-corrected chi connectivity index (χ1v) is 10.2. The number of carbonyl (C=O) groups is 2. The number of hydrogen-bond acceptors (Lipinski definition) is 7. The van der Waals surface area contributed by atoms with Gasteiger partial charge in [0.2, 0.25) is 5.90 Å². The van der Waals surface area contributed by atoms with Gasteiger partial charge in [0.25, 0.3) is 0 Å². The third-order valence-electron chi connectivity index (χ3n) is 4.12. The van der Waals surface area contributed by atoms with E-state index < -0.39 is 11.9 Å². The van der Waals surface area contributed by atoms with Crippen molar-refractivity contribution in [3.05, 3.63) is 62.4 Å². The number of nitrogens with zero attached hydrogens (tertiary/aromatic N) is 1. The van der Waals surface area contributed by atoms with Crippen LogP contribution in [0, 0.1) is 10.5 Å². The van der Waals surface area contributed by atoms with Gasteiger partial charge in [-0.2, -0.15) is 0 Å². The minimum atomic E-state index is -0.524. The largest absolute Gasteiger partial charge is 0.490 e. The van der Waals surface area contributed by atoms with Gasteiger partial charge in [-0.05, 0) is 72.3 Å². The van der Waals surface area contributed by atoms with Crippen LogP contribution in [0.2, 0.25) is 0 Å². The standard InChI is InChI=1S/C22H20INO6/c1-4-28-18-11-14(9-16(23)20(18)29-12-19(25)27-3)10-17-22(26)30-21(24-17)15-7-5-13(2)6-8-15/h5-11H,4,12H2,1-3H3/b17-10-. The summed E-state index contributed by atoms with van der Waals surface area (Å²) in [6, 6.07) is 11.1. The number of aliphatic imine (C=N–C) groups is 1. The maximum absolute atomic E-state index is 12.3. The van der Waals surface area contributed by atoms with Crippen LogP contribution in [-0.2, 0) is 19.1 Å². The summed E-state index contributed by atoms with van der Waals surface area (Å²) in [5.74, 6) is 0.136. The highest BCUT2D eigenvalue weighted by Crippen LogP contribution is 2.35. The van der Waals surface area contributed by atoms with Gasteiger partial charge < -0.3 is 18.9 Å². The lowest BCUT2D eigenvalue weighted by Gasteiger charge is -2.14. The Bertz CT molecular complexity index is 1030. The Morgan fingerprint density at radius 1 is 1.20 bits per heavy atom. The van der Waals surface area contributed by atoms with E-state index in [9.17, 15) is 9.59 Å². The lowest BCUT2D eigenvalue weighted by Crippen LogP contribution is -2.14. The maximum atomic E-state index is 12.3. The lowest BCUT2D eigenvalue weighted by atomic mass is 10.1. The van der Waals surface area contributed by atoms with Crippen molar-refractivity contribution in [2.75, 3.05) is 20.3 Å². The smallest absolute Gasteiger partial charge is 0.363 e. The van der Waals surface area contributed by atoms with Crippen molar-refractivity contribution in [1.82, 2.24) is 0 Å². The molecular formula is C22H20INO6. The van der Waals surface area contributed by atoms with Crippen LogP contribution < -0.4 is 9.47 Å². The molecule has 2 aromatic carbocycles. The Morgan fingerprint density at radius 2 is 1.93 bits per heavy atom. The third kappa shape index (κ3) is 5.18. The minimum Gasteiger partial charge on any atom is -0.490 e. The van der Waals surface area contributed by atoms with Crippen LogP contribution in [0.1, 0.15) is 23.6 Å². The fraction of sp³-hybridized carbons (Fsp3) is 0.227. The van der Waals surface area contributed by atoms with E-state index in [2.05, 4.69) is 32.3 Å². The molecule has 30 heavy (non-hydrogen) atoms. The maximum Gasteiger partial charge on any atom is 0.363 e. The van der Waals surface area contributed by atoms with Crippen LogP contribution in [0.4, 0.5) is 0 Å². The van der Waals surface area contributed by atoms with Crippen LogP contribution in [-0.4, -0.2) is 38.2 Å². The molecule has 0 saturated carbocycles. The zero-order chi connectivity index (χ0) is 21.7. The summed E-state index contributed by atoms with van der Waals surface area (Å²) >= 11 is 2.08. The zero-order valence-electron chi connectivity index (χ0n) is 16.7. The average molecular weight is 521 g/mol. The van der Waals surface area contributed by atoms with Gasteiger partial charge in [0.15, 0.2) is 23.8 Å². The number of esters is 2. The number of benzene rings is 2. The van der Waals surface area contributed by atoms with E-state index in [-0.39, 0.29) is 18.2 Å². The first-order chi connectivity index (χ1) is 14.4. The Labute approximate surface area is 187 Å². The summed E-state index contributed by atoms with van der Waals surface area (Å²) < 4.78 is 21.8. The Hall–Kier alpha value is -2.88. The molecule has 0 aliphatic carbocycles. The fourth-order valence-corrected chi connectivity index (χ4v) is 3.43. The summed E-state index contributed by atoms with van der Waals surface area (Å²) in [5.41, 5.74) is 2.71. The lowest BCUT2D eigenvalue weighted by molar-refractivity contribution is -0.143. The van der Waals surface area contributed by atoms with E-state index in [1.807, 2.05) is 38.1 Å². The molecule has 0 N–H and O–H groups in total. The van der Waals surface area contributed by atoms with Gasteiger partial charge in [0, 0.05) is 5.56 Å². The van der Waals surface area contributed by atoms with Crippen LogP contribution in [0.25, 0.3) is 6.08 Å². The highest BCUT2D eigenvalue weighted by molar-refractivity contribution is 14.1. The number of rotatable bonds is 7. The summed E-state index contributed by atoms with van der Waals surface area (Å²) in [6.45, 7) is 3.99. The van der Waals surface area contributed by atoms with Crippen LogP contribution in [0.15, 0.2) is 47.1 Å². The molecule has 0 bridgehead atoms. The van der Waals surface area contributed by atoms with Crippen molar-refractivity contribution in [2.45, 2.75) is 13.8 Å². The molecule has 0 unspecified atom stereocenters. The highest BCUT2D eigenvalue weighted by Gasteiger charge is 2.24. The summed E-state index contributed by atoms with van der Waals surface area (Å²) in [7, 11) is 1.29. The van der Waals surface area contributed by atoms with E-state index in [1.165, 1.54) is 7.11 Å². The van der Waals surface area contributed by atoms with Gasteiger partial charge in [0.05, 0.1) is 17.3 Å². The van der Waals surface area contributed by atoms with Crippen molar-refractivity contribution in [3.63, 3.8) is 0 Å². The molecule has 0 saturated heterocycles. The number of halogens is 1. The molecule has 1 aliphatic rings. The molecule has 0 aromatic heterocycles. The summed E-state index contributed by atoms with van der Waals surface area (Å²) in [4.78, 5) is 28.0. The number of aryl methyl sites for hydroxylation is 1. The quantitative estimate of drug-likeness (QED) is 0.313. The number of hydrogen-bond donors (Lipinski definition) is 0. The monoisotopic (exact) mass is 521 g/mol. The van der Waals surface area contributed by atoms with Crippen molar-refractivity contribution < 1.29 is 28.5 Å². The second-order valence-electron chi connectivity index (χ2n) is 6.33. The normalized spacial score (nSPS) is 14.3. The number of cyclic esters (lactones) is 1. The Morgan fingerprint density at radius 3 is 2.60 bits per heavy atom. The first-order valence-electron chi connectivity index (χ1n) is 9.16.